The van der Waals surface area contributed by atoms with E-state index in [2.05, 4.69) is 53.1 Å². The summed E-state index contributed by atoms with van der Waals surface area (Å²) in [5.41, 5.74) is 4.21. The summed E-state index contributed by atoms with van der Waals surface area (Å²) in [7, 11) is 0. The molecule has 0 aromatic heterocycles. The summed E-state index contributed by atoms with van der Waals surface area (Å²) < 4.78 is 1.15. The lowest BCUT2D eigenvalue weighted by Crippen LogP contribution is -2.22. The van der Waals surface area contributed by atoms with Crippen molar-refractivity contribution in [3.8, 4) is 0 Å². The van der Waals surface area contributed by atoms with Crippen LogP contribution in [0.4, 0.5) is 11.4 Å². The average molecular weight is 380 g/mol. The molecule has 104 valence electrons. The summed E-state index contributed by atoms with van der Waals surface area (Å²) in [6, 6.07) is 13.8. The van der Waals surface area contributed by atoms with E-state index >= 15 is 0 Å². The molecule has 3 nitrogen and oxygen atoms in total. The van der Waals surface area contributed by atoms with E-state index in [0.29, 0.717) is 0 Å². The first kappa shape index (κ1) is 14.8. The smallest absolute Gasteiger partial charge is 0.243 e. The molecule has 1 amide bonds. The van der Waals surface area contributed by atoms with Crippen LogP contribution in [0.25, 0.3) is 0 Å². The fourth-order valence-corrected chi connectivity index (χ4v) is 2.22. The van der Waals surface area contributed by atoms with Gasteiger partial charge in [-0.25, -0.2) is 0 Å². The van der Waals surface area contributed by atoms with E-state index in [1.54, 1.807) is 0 Å². The van der Waals surface area contributed by atoms with Crippen molar-refractivity contribution >= 4 is 39.9 Å². The van der Waals surface area contributed by atoms with Crippen LogP contribution < -0.4 is 10.6 Å². The maximum Gasteiger partial charge on any atom is 0.243 e. The molecule has 0 aliphatic carbocycles. The number of benzene rings is 2. The highest BCUT2D eigenvalue weighted by atomic mass is 127. The first-order valence-corrected chi connectivity index (χ1v) is 7.49. The molecule has 2 aromatic rings. The van der Waals surface area contributed by atoms with Crippen molar-refractivity contribution in [3.05, 3.63) is 57.2 Å². The van der Waals surface area contributed by atoms with Crippen molar-refractivity contribution in [2.24, 2.45) is 0 Å². The first-order valence-electron chi connectivity index (χ1n) is 6.42. The second-order valence-corrected chi connectivity index (χ2v) is 5.90. The molecule has 0 heterocycles. The van der Waals surface area contributed by atoms with Gasteiger partial charge in [-0.05, 0) is 77.9 Å². The molecule has 4 heteroatoms. The number of hydrogen-bond acceptors (Lipinski definition) is 2. The predicted octanol–water partition coefficient (Wildman–Crippen LogP) is 3.96. The molecule has 0 spiro atoms. The Balaban J connectivity index is 1.92. The SMILES string of the molecule is Cc1cccc(NCC(=O)Nc2ccc(I)cc2)c1C. The number of halogens is 1. The molecule has 2 N–H and O–H groups in total. The van der Waals surface area contributed by atoms with Gasteiger partial charge in [-0.2, -0.15) is 0 Å². The van der Waals surface area contributed by atoms with Crippen LogP contribution in [0.1, 0.15) is 11.1 Å². The standard InChI is InChI=1S/C16H17IN2O/c1-11-4-3-5-15(12(11)2)18-10-16(20)19-14-8-6-13(17)7-9-14/h3-9,18H,10H2,1-2H3,(H,19,20). The van der Waals surface area contributed by atoms with Gasteiger partial charge in [0.1, 0.15) is 0 Å². The van der Waals surface area contributed by atoms with E-state index < -0.39 is 0 Å². The normalized spacial score (nSPS) is 10.2. The van der Waals surface area contributed by atoms with E-state index in [1.165, 1.54) is 11.1 Å². The van der Waals surface area contributed by atoms with E-state index in [1.807, 2.05) is 36.4 Å². The number of nitrogens with one attached hydrogen (secondary N) is 2. The fraction of sp³-hybridized carbons (Fsp3) is 0.188. The van der Waals surface area contributed by atoms with Gasteiger partial charge in [-0.15, -0.1) is 0 Å². The lowest BCUT2D eigenvalue weighted by molar-refractivity contribution is -0.114. The molecule has 0 radical (unpaired) electrons. The molecule has 0 fully saturated rings. The number of hydrogen-bond donors (Lipinski definition) is 2. The van der Waals surface area contributed by atoms with E-state index in [0.717, 1.165) is 14.9 Å². The molecule has 0 atom stereocenters. The Morgan fingerprint density at radius 3 is 2.50 bits per heavy atom. The molecule has 0 aliphatic heterocycles. The second kappa shape index (κ2) is 6.74. The number of anilines is 2. The Kier molecular flexibility index (Phi) is 5.00. The summed E-state index contributed by atoms with van der Waals surface area (Å²) in [6.45, 7) is 4.37. The van der Waals surface area contributed by atoms with Crippen LogP contribution >= 0.6 is 22.6 Å². The van der Waals surface area contributed by atoms with E-state index in [4.69, 9.17) is 0 Å². The topological polar surface area (TPSA) is 41.1 Å². The number of rotatable bonds is 4. The third-order valence-electron chi connectivity index (χ3n) is 3.17. The van der Waals surface area contributed by atoms with Gasteiger partial charge in [0, 0.05) is 14.9 Å². The molecule has 0 saturated heterocycles. The van der Waals surface area contributed by atoms with Crippen molar-refractivity contribution in [3.63, 3.8) is 0 Å². The van der Waals surface area contributed by atoms with E-state index in [-0.39, 0.29) is 12.5 Å². The number of aryl methyl sites for hydroxylation is 1. The van der Waals surface area contributed by atoms with Crippen molar-refractivity contribution in [2.45, 2.75) is 13.8 Å². The molecule has 0 aliphatic rings. The molecule has 0 bridgehead atoms. The molecular formula is C16H17IN2O. The van der Waals surface area contributed by atoms with Crippen LogP contribution in [0.15, 0.2) is 42.5 Å². The van der Waals surface area contributed by atoms with Crippen LogP contribution in [-0.2, 0) is 4.79 Å². The van der Waals surface area contributed by atoms with Gasteiger partial charge < -0.3 is 10.6 Å². The highest BCUT2D eigenvalue weighted by molar-refractivity contribution is 14.1. The molecule has 2 rings (SSSR count). The molecule has 0 unspecified atom stereocenters. The lowest BCUT2D eigenvalue weighted by atomic mass is 10.1. The van der Waals surface area contributed by atoms with Crippen LogP contribution in [0.2, 0.25) is 0 Å². The second-order valence-electron chi connectivity index (χ2n) is 4.66. The summed E-state index contributed by atoms with van der Waals surface area (Å²) in [5, 5.41) is 6.04. The van der Waals surface area contributed by atoms with Crippen molar-refractivity contribution < 1.29 is 4.79 Å². The highest BCUT2D eigenvalue weighted by Gasteiger charge is 2.04. The predicted molar refractivity (Wildman–Crippen MR) is 92.2 cm³/mol. The first-order chi connectivity index (χ1) is 9.56. The van der Waals surface area contributed by atoms with Gasteiger partial charge in [-0.3, -0.25) is 4.79 Å². The Labute approximate surface area is 132 Å². The Hall–Kier alpha value is -1.56. The van der Waals surface area contributed by atoms with Crippen LogP contribution in [-0.4, -0.2) is 12.5 Å². The Bertz CT molecular complexity index is 608. The summed E-state index contributed by atoms with van der Waals surface area (Å²) in [5.74, 6) is -0.0490. The zero-order valence-electron chi connectivity index (χ0n) is 11.5. The third-order valence-corrected chi connectivity index (χ3v) is 3.89. The van der Waals surface area contributed by atoms with Crippen molar-refractivity contribution in [2.75, 3.05) is 17.2 Å². The van der Waals surface area contributed by atoms with Crippen LogP contribution in [0.3, 0.4) is 0 Å². The molecular weight excluding hydrogens is 363 g/mol. The molecule has 20 heavy (non-hydrogen) atoms. The van der Waals surface area contributed by atoms with Gasteiger partial charge in [0.05, 0.1) is 6.54 Å². The van der Waals surface area contributed by atoms with Gasteiger partial charge in [0.2, 0.25) is 5.91 Å². The fourth-order valence-electron chi connectivity index (χ4n) is 1.86. The summed E-state index contributed by atoms with van der Waals surface area (Å²) in [4.78, 5) is 11.9. The minimum atomic E-state index is -0.0490. The van der Waals surface area contributed by atoms with Crippen LogP contribution in [0.5, 0.6) is 0 Å². The lowest BCUT2D eigenvalue weighted by Gasteiger charge is -2.11. The number of carbonyl (C=O) groups excluding carboxylic acids is 1. The van der Waals surface area contributed by atoms with Crippen molar-refractivity contribution in [1.82, 2.24) is 0 Å². The maximum atomic E-state index is 11.9. The van der Waals surface area contributed by atoms with Gasteiger partial charge in [-0.1, -0.05) is 12.1 Å². The monoisotopic (exact) mass is 380 g/mol. The quantitative estimate of drug-likeness (QED) is 0.789. The van der Waals surface area contributed by atoms with Gasteiger partial charge in [0.25, 0.3) is 0 Å². The molecule has 2 aromatic carbocycles. The number of carbonyl (C=O) groups is 1. The largest absolute Gasteiger partial charge is 0.376 e. The zero-order valence-corrected chi connectivity index (χ0v) is 13.7. The Morgan fingerprint density at radius 1 is 1.10 bits per heavy atom. The van der Waals surface area contributed by atoms with E-state index in [9.17, 15) is 4.79 Å². The number of amides is 1. The van der Waals surface area contributed by atoms with Gasteiger partial charge in [0.15, 0.2) is 0 Å². The van der Waals surface area contributed by atoms with Crippen molar-refractivity contribution in [1.29, 1.82) is 0 Å². The van der Waals surface area contributed by atoms with Gasteiger partial charge >= 0.3 is 0 Å². The summed E-state index contributed by atoms with van der Waals surface area (Å²) in [6.07, 6.45) is 0. The Morgan fingerprint density at radius 2 is 1.80 bits per heavy atom. The van der Waals surface area contributed by atoms with Crippen LogP contribution in [0, 0.1) is 17.4 Å². The maximum absolute atomic E-state index is 11.9. The average Bonchev–Trinajstić information content (AvgIpc) is 2.43. The zero-order chi connectivity index (χ0) is 14.5. The highest BCUT2D eigenvalue weighted by Crippen LogP contribution is 2.17. The third kappa shape index (κ3) is 3.96. The summed E-state index contributed by atoms with van der Waals surface area (Å²) >= 11 is 2.24. The molecule has 0 saturated carbocycles. The minimum Gasteiger partial charge on any atom is -0.376 e. The minimum absolute atomic E-state index is 0.0490.